The third kappa shape index (κ3) is 14.2. The van der Waals surface area contributed by atoms with E-state index in [9.17, 15) is 8.42 Å². The Balaban J connectivity index is 3.05. The zero-order valence-corrected chi connectivity index (χ0v) is 11.7. The molecule has 0 aromatic carbocycles. The molecule has 0 aromatic heterocycles. The lowest BCUT2D eigenvalue weighted by atomic mass is 10.1. The van der Waals surface area contributed by atoms with Crippen LogP contribution in [0.3, 0.4) is 0 Å². The molecule has 0 heterocycles. The van der Waals surface area contributed by atoms with Crippen LogP contribution in [0.25, 0.3) is 0 Å². The Bertz CT molecular complexity index is 240. The summed E-state index contributed by atoms with van der Waals surface area (Å²) in [7, 11) is 1.72. The number of hydrogen-bond donors (Lipinski definition) is 0. The second-order valence-electron chi connectivity index (χ2n) is 3.98. The highest BCUT2D eigenvalue weighted by Crippen LogP contribution is 2.05. The number of rotatable bonds is 11. The van der Waals surface area contributed by atoms with Crippen molar-refractivity contribution in [2.75, 3.05) is 19.0 Å². The molecule has 0 aliphatic rings. The number of hydrogen-bond acceptors (Lipinski definition) is 3. The van der Waals surface area contributed by atoms with Crippen LogP contribution < -0.4 is 0 Å². The number of unbranched alkanes of at least 4 members (excludes halogenated alkanes) is 5. The molecule has 0 N–H and O–H groups in total. The molecule has 0 amide bonds. The molecule has 0 fully saturated rings. The second-order valence-corrected chi connectivity index (χ2v) is 6.87. The van der Waals surface area contributed by atoms with Crippen molar-refractivity contribution < 1.29 is 13.2 Å². The molecule has 3 nitrogen and oxygen atoms in total. The normalized spacial score (nSPS) is 11.9. The van der Waals surface area contributed by atoms with Gasteiger partial charge >= 0.3 is 0 Å². The van der Waals surface area contributed by atoms with E-state index >= 15 is 0 Å². The fraction of sp³-hybridized carbons (Fsp3) is 1.00. The highest BCUT2D eigenvalue weighted by atomic mass is 35.7. The minimum Gasteiger partial charge on any atom is -0.381 e. The van der Waals surface area contributed by atoms with Gasteiger partial charge < -0.3 is 4.74 Å². The minimum absolute atomic E-state index is 0.00502. The quantitative estimate of drug-likeness (QED) is 0.427. The Kier molecular flexibility index (Phi) is 10.5. The van der Waals surface area contributed by atoms with Crippen molar-refractivity contribution in [2.24, 2.45) is 0 Å². The average Bonchev–Trinajstić information content (AvgIpc) is 2.19. The fourth-order valence-corrected chi connectivity index (χ4v) is 2.21. The van der Waals surface area contributed by atoms with E-state index in [1.165, 1.54) is 32.1 Å². The summed E-state index contributed by atoms with van der Waals surface area (Å²) in [6.45, 7) is 3.42. The Labute approximate surface area is 104 Å². The van der Waals surface area contributed by atoms with Crippen LogP contribution >= 0.6 is 10.7 Å². The smallest absolute Gasteiger partial charge is 0.232 e. The average molecular weight is 271 g/mol. The van der Waals surface area contributed by atoms with Crippen LogP contribution in [0, 0.1) is 0 Å². The monoisotopic (exact) mass is 270 g/mol. The number of ether oxygens (including phenoxy) is 1. The topological polar surface area (TPSA) is 43.4 Å². The third-order valence-corrected chi connectivity index (χ3v) is 3.56. The predicted molar refractivity (Wildman–Crippen MR) is 68.5 cm³/mol. The van der Waals surface area contributed by atoms with Gasteiger partial charge in [-0.3, -0.25) is 0 Å². The Hall–Kier alpha value is 0.200. The van der Waals surface area contributed by atoms with E-state index in [1.54, 1.807) is 0 Å². The van der Waals surface area contributed by atoms with E-state index in [0.717, 1.165) is 13.0 Å². The van der Waals surface area contributed by atoms with E-state index in [2.05, 4.69) is 6.92 Å². The highest BCUT2D eigenvalue weighted by Gasteiger charge is 2.03. The SMILES string of the molecule is CCCCCCCCOCCCS(=O)(=O)Cl. The van der Waals surface area contributed by atoms with Gasteiger partial charge in [0.2, 0.25) is 9.05 Å². The molecular formula is C11H23ClO3S. The van der Waals surface area contributed by atoms with Crippen LogP contribution in [-0.2, 0) is 13.8 Å². The second kappa shape index (κ2) is 10.4. The Morgan fingerprint density at radius 2 is 1.50 bits per heavy atom. The predicted octanol–water partition coefficient (Wildman–Crippen LogP) is 3.32. The van der Waals surface area contributed by atoms with E-state index < -0.39 is 9.05 Å². The lowest BCUT2D eigenvalue weighted by molar-refractivity contribution is 0.131. The first-order valence-corrected chi connectivity index (χ1v) is 8.54. The van der Waals surface area contributed by atoms with Crippen molar-refractivity contribution in [2.45, 2.75) is 51.9 Å². The van der Waals surface area contributed by atoms with Gasteiger partial charge in [0.15, 0.2) is 0 Å². The van der Waals surface area contributed by atoms with Crippen LogP contribution in [0.5, 0.6) is 0 Å². The van der Waals surface area contributed by atoms with Crippen molar-refractivity contribution >= 4 is 19.7 Å². The van der Waals surface area contributed by atoms with E-state index in [4.69, 9.17) is 15.4 Å². The molecule has 0 unspecified atom stereocenters. The van der Waals surface area contributed by atoms with Crippen LogP contribution in [0.4, 0.5) is 0 Å². The Morgan fingerprint density at radius 3 is 2.12 bits per heavy atom. The van der Waals surface area contributed by atoms with Gasteiger partial charge in [-0.1, -0.05) is 39.0 Å². The zero-order chi connectivity index (χ0) is 12.3. The summed E-state index contributed by atoms with van der Waals surface area (Å²) >= 11 is 0. The maximum Gasteiger partial charge on any atom is 0.232 e. The van der Waals surface area contributed by atoms with Crippen LogP contribution in [0.1, 0.15) is 51.9 Å². The molecule has 0 atom stereocenters. The van der Waals surface area contributed by atoms with Crippen LogP contribution in [0.2, 0.25) is 0 Å². The fourth-order valence-electron chi connectivity index (χ4n) is 1.42. The van der Waals surface area contributed by atoms with Gasteiger partial charge in [0, 0.05) is 23.9 Å². The lowest BCUT2D eigenvalue weighted by Gasteiger charge is -2.03. The minimum atomic E-state index is -3.34. The van der Waals surface area contributed by atoms with Crippen LogP contribution in [-0.4, -0.2) is 27.4 Å². The Morgan fingerprint density at radius 1 is 0.938 bits per heavy atom. The van der Waals surface area contributed by atoms with Crippen molar-refractivity contribution in [1.29, 1.82) is 0 Å². The van der Waals surface area contributed by atoms with Gasteiger partial charge in [-0.15, -0.1) is 0 Å². The first-order valence-electron chi connectivity index (χ1n) is 6.06. The van der Waals surface area contributed by atoms with Gasteiger partial charge in [0.25, 0.3) is 0 Å². The molecule has 0 radical (unpaired) electrons. The van der Waals surface area contributed by atoms with Crippen molar-refractivity contribution in [1.82, 2.24) is 0 Å². The van der Waals surface area contributed by atoms with Crippen molar-refractivity contribution in [3.8, 4) is 0 Å². The molecule has 0 aliphatic carbocycles. The molecule has 0 bridgehead atoms. The summed E-state index contributed by atoms with van der Waals surface area (Å²) < 4.78 is 26.5. The van der Waals surface area contributed by atoms with E-state index in [1.807, 2.05) is 0 Å². The van der Waals surface area contributed by atoms with Crippen LogP contribution in [0.15, 0.2) is 0 Å². The van der Waals surface area contributed by atoms with E-state index in [0.29, 0.717) is 13.0 Å². The lowest BCUT2D eigenvalue weighted by Crippen LogP contribution is -2.03. The molecule has 0 aliphatic heterocycles. The van der Waals surface area contributed by atoms with Gasteiger partial charge in [-0.25, -0.2) is 8.42 Å². The summed E-state index contributed by atoms with van der Waals surface area (Å²) in [5, 5.41) is 0. The summed E-state index contributed by atoms with van der Waals surface area (Å²) in [6, 6.07) is 0. The maximum atomic E-state index is 10.6. The summed E-state index contributed by atoms with van der Waals surface area (Å²) in [5.74, 6) is 0.00502. The summed E-state index contributed by atoms with van der Waals surface area (Å²) in [6.07, 6.45) is 7.92. The molecule has 0 aromatic rings. The highest BCUT2D eigenvalue weighted by molar-refractivity contribution is 8.13. The molecule has 98 valence electrons. The molecule has 0 saturated heterocycles. The van der Waals surface area contributed by atoms with Crippen molar-refractivity contribution in [3.63, 3.8) is 0 Å². The first kappa shape index (κ1) is 16.2. The largest absolute Gasteiger partial charge is 0.381 e. The van der Waals surface area contributed by atoms with Crippen molar-refractivity contribution in [3.05, 3.63) is 0 Å². The molecule has 0 rings (SSSR count). The zero-order valence-electron chi connectivity index (χ0n) is 10.1. The molecular weight excluding hydrogens is 248 g/mol. The maximum absolute atomic E-state index is 10.6. The molecule has 0 spiro atoms. The third-order valence-electron chi connectivity index (χ3n) is 2.32. The summed E-state index contributed by atoms with van der Waals surface area (Å²) in [4.78, 5) is 0. The van der Waals surface area contributed by atoms with Gasteiger partial charge in [-0.2, -0.15) is 0 Å². The standard InChI is InChI=1S/C11H23ClO3S/c1-2-3-4-5-6-7-9-15-10-8-11-16(12,13)14/h2-11H2,1H3. The van der Waals surface area contributed by atoms with Gasteiger partial charge in [0.1, 0.15) is 0 Å². The molecule has 16 heavy (non-hydrogen) atoms. The number of halogens is 1. The van der Waals surface area contributed by atoms with Gasteiger partial charge in [-0.05, 0) is 12.8 Å². The van der Waals surface area contributed by atoms with E-state index in [-0.39, 0.29) is 5.75 Å². The van der Waals surface area contributed by atoms with Gasteiger partial charge in [0.05, 0.1) is 5.75 Å². The molecule has 5 heteroatoms. The summed E-state index contributed by atoms with van der Waals surface area (Å²) in [5.41, 5.74) is 0. The first-order chi connectivity index (χ1) is 7.56. The molecule has 0 saturated carbocycles.